The van der Waals surface area contributed by atoms with Crippen LogP contribution in [0.2, 0.25) is 5.02 Å². The second-order valence-corrected chi connectivity index (χ2v) is 5.09. The Balaban J connectivity index is 2.68. The summed E-state index contributed by atoms with van der Waals surface area (Å²) in [5, 5.41) is 7.22. The van der Waals surface area contributed by atoms with Crippen molar-refractivity contribution in [3.63, 3.8) is 0 Å². The highest BCUT2D eigenvalue weighted by Gasteiger charge is 2.14. The zero-order chi connectivity index (χ0) is 15.0. The highest BCUT2D eigenvalue weighted by atomic mass is 35.5. The molecule has 0 bridgehead atoms. The Kier molecular flexibility index (Phi) is 7.12. The van der Waals surface area contributed by atoms with Gasteiger partial charge in [0.2, 0.25) is 0 Å². The quantitative estimate of drug-likeness (QED) is 0.480. The van der Waals surface area contributed by atoms with Crippen LogP contribution in [0.4, 0.5) is 0 Å². The molecule has 0 aliphatic rings. The van der Waals surface area contributed by atoms with Gasteiger partial charge < -0.3 is 15.5 Å². The Morgan fingerprint density at radius 3 is 2.50 bits per heavy atom. The van der Waals surface area contributed by atoms with Crippen LogP contribution in [0.15, 0.2) is 41.9 Å². The molecule has 0 saturated carbocycles. The third kappa shape index (κ3) is 5.23. The molecule has 0 saturated heterocycles. The molecule has 0 aliphatic heterocycles. The van der Waals surface area contributed by atoms with Crippen molar-refractivity contribution in [3.8, 4) is 0 Å². The molecule has 1 atom stereocenters. The molecule has 2 N–H and O–H groups in total. The second-order valence-electron chi connectivity index (χ2n) is 4.65. The van der Waals surface area contributed by atoms with Gasteiger partial charge in [0.05, 0.1) is 6.04 Å². The number of hydrogen-bond acceptors (Lipinski definition) is 2. The summed E-state index contributed by atoms with van der Waals surface area (Å²) in [6, 6.07) is 8.18. The van der Waals surface area contributed by atoms with Crippen molar-refractivity contribution in [1.82, 2.24) is 15.5 Å². The Morgan fingerprint density at radius 1 is 1.35 bits per heavy atom. The molecule has 110 valence electrons. The van der Waals surface area contributed by atoms with Gasteiger partial charge in [0, 0.05) is 25.2 Å². The number of halogens is 1. The summed E-state index contributed by atoms with van der Waals surface area (Å²) in [5.41, 5.74) is 1.21. The van der Waals surface area contributed by atoms with Crippen LogP contribution in [0.1, 0.15) is 11.6 Å². The standard InChI is InChI=1S/C15H23ClN4/c1-5-10-18-15(17-2)19-11-14(20(3)4)12-6-8-13(16)9-7-12/h5-9,14H,1,10-11H2,2-4H3,(H2,17,18,19). The van der Waals surface area contributed by atoms with Crippen molar-refractivity contribution in [1.29, 1.82) is 0 Å². The van der Waals surface area contributed by atoms with Crippen molar-refractivity contribution in [2.75, 3.05) is 34.2 Å². The maximum atomic E-state index is 5.94. The average Bonchev–Trinajstić information content (AvgIpc) is 2.44. The van der Waals surface area contributed by atoms with Crippen molar-refractivity contribution < 1.29 is 0 Å². The molecule has 4 nitrogen and oxygen atoms in total. The largest absolute Gasteiger partial charge is 0.354 e. The van der Waals surface area contributed by atoms with E-state index in [4.69, 9.17) is 11.6 Å². The number of benzene rings is 1. The van der Waals surface area contributed by atoms with Gasteiger partial charge in [-0.05, 0) is 31.8 Å². The van der Waals surface area contributed by atoms with Crippen LogP contribution in [-0.2, 0) is 0 Å². The Bertz CT molecular complexity index is 440. The lowest BCUT2D eigenvalue weighted by Gasteiger charge is -2.26. The fourth-order valence-electron chi connectivity index (χ4n) is 1.87. The first-order chi connectivity index (χ1) is 9.58. The summed E-state index contributed by atoms with van der Waals surface area (Å²) in [4.78, 5) is 6.34. The summed E-state index contributed by atoms with van der Waals surface area (Å²) in [7, 11) is 5.87. The van der Waals surface area contributed by atoms with E-state index in [1.54, 1.807) is 13.1 Å². The van der Waals surface area contributed by atoms with Gasteiger partial charge in [-0.3, -0.25) is 4.99 Å². The van der Waals surface area contributed by atoms with Crippen LogP contribution >= 0.6 is 11.6 Å². The van der Waals surface area contributed by atoms with Gasteiger partial charge in [-0.2, -0.15) is 0 Å². The normalized spacial score (nSPS) is 13.2. The highest BCUT2D eigenvalue weighted by Crippen LogP contribution is 2.19. The van der Waals surface area contributed by atoms with Gasteiger partial charge >= 0.3 is 0 Å². The smallest absolute Gasteiger partial charge is 0.191 e. The predicted octanol–water partition coefficient (Wildman–Crippen LogP) is 2.29. The van der Waals surface area contributed by atoms with Crippen molar-refractivity contribution in [2.45, 2.75) is 6.04 Å². The third-order valence-electron chi connectivity index (χ3n) is 2.98. The van der Waals surface area contributed by atoms with E-state index in [0.29, 0.717) is 6.54 Å². The number of nitrogens with zero attached hydrogens (tertiary/aromatic N) is 2. The number of rotatable bonds is 6. The Hall–Kier alpha value is -1.52. The van der Waals surface area contributed by atoms with Crippen molar-refractivity contribution in [2.24, 2.45) is 4.99 Å². The summed E-state index contributed by atoms with van der Waals surface area (Å²) in [6.07, 6.45) is 1.80. The molecule has 0 heterocycles. The van der Waals surface area contributed by atoms with Crippen LogP contribution in [0.25, 0.3) is 0 Å². The first-order valence-corrected chi connectivity index (χ1v) is 6.93. The zero-order valence-electron chi connectivity index (χ0n) is 12.4. The van der Waals surface area contributed by atoms with Crippen LogP contribution in [0, 0.1) is 0 Å². The number of guanidine groups is 1. The number of nitrogens with one attached hydrogen (secondary N) is 2. The van der Waals surface area contributed by atoms with E-state index in [-0.39, 0.29) is 6.04 Å². The van der Waals surface area contributed by atoms with E-state index in [1.807, 2.05) is 12.1 Å². The lowest BCUT2D eigenvalue weighted by molar-refractivity contribution is 0.298. The Labute approximate surface area is 126 Å². The minimum Gasteiger partial charge on any atom is -0.354 e. The van der Waals surface area contributed by atoms with E-state index in [1.165, 1.54) is 5.56 Å². The van der Waals surface area contributed by atoms with Crippen LogP contribution < -0.4 is 10.6 Å². The molecule has 1 unspecified atom stereocenters. The van der Waals surface area contributed by atoms with Crippen LogP contribution in [-0.4, -0.2) is 45.1 Å². The van der Waals surface area contributed by atoms with E-state index in [0.717, 1.165) is 17.5 Å². The van der Waals surface area contributed by atoms with Gasteiger partial charge in [0.1, 0.15) is 0 Å². The third-order valence-corrected chi connectivity index (χ3v) is 3.23. The number of likely N-dealkylation sites (N-methyl/N-ethyl adjacent to an activating group) is 1. The topological polar surface area (TPSA) is 39.7 Å². The number of aliphatic imine (C=N–C) groups is 1. The predicted molar refractivity (Wildman–Crippen MR) is 87.4 cm³/mol. The number of hydrogen-bond donors (Lipinski definition) is 2. The molecule has 0 amide bonds. The molecule has 20 heavy (non-hydrogen) atoms. The molecule has 1 aromatic rings. The minimum absolute atomic E-state index is 0.245. The summed E-state index contributed by atoms with van der Waals surface area (Å²) >= 11 is 5.94. The Morgan fingerprint density at radius 2 is 2.00 bits per heavy atom. The molecule has 0 aromatic heterocycles. The van der Waals surface area contributed by atoms with Gasteiger partial charge in [-0.1, -0.05) is 29.8 Å². The molecular weight excluding hydrogens is 272 g/mol. The molecule has 5 heteroatoms. The highest BCUT2D eigenvalue weighted by molar-refractivity contribution is 6.30. The van der Waals surface area contributed by atoms with Crippen molar-refractivity contribution >= 4 is 17.6 Å². The van der Waals surface area contributed by atoms with E-state index in [9.17, 15) is 0 Å². The summed E-state index contributed by atoms with van der Waals surface area (Å²) in [5.74, 6) is 0.769. The van der Waals surface area contributed by atoms with Crippen LogP contribution in [0.5, 0.6) is 0 Å². The first-order valence-electron chi connectivity index (χ1n) is 6.55. The van der Waals surface area contributed by atoms with Gasteiger partial charge in [-0.15, -0.1) is 6.58 Å². The van der Waals surface area contributed by atoms with E-state index < -0.39 is 0 Å². The molecule has 0 fully saturated rings. The minimum atomic E-state index is 0.245. The summed E-state index contributed by atoms with van der Waals surface area (Å²) in [6.45, 7) is 5.12. The molecule has 1 rings (SSSR count). The lowest BCUT2D eigenvalue weighted by atomic mass is 10.1. The maximum absolute atomic E-state index is 5.94. The van der Waals surface area contributed by atoms with Gasteiger partial charge in [0.15, 0.2) is 5.96 Å². The SMILES string of the molecule is C=CCNC(=NC)NCC(c1ccc(Cl)cc1)N(C)C. The van der Waals surface area contributed by atoms with E-state index >= 15 is 0 Å². The van der Waals surface area contributed by atoms with Crippen molar-refractivity contribution in [3.05, 3.63) is 47.5 Å². The van der Waals surface area contributed by atoms with Gasteiger partial charge in [0.25, 0.3) is 0 Å². The second kappa shape index (κ2) is 8.61. The first kappa shape index (κ1) is 16.5. The van der Waals surface area contributed by atoms with Gasteiger partial charge in [-0.25, -0.2) is 0 Å². The molecule has 0 radical (unpaired) electrons. The maximum Gasteiger partial charge on any atom is 0.191 e. The fraction of sp³-hybridized carbons (Fsp3) is 0.400. The summed E-state index contributed by atoms with van der Waals surface area (Å²) < 4.78 is 0. The molecule has 0 spiro atoms. The van der Waals surface area contributed by atoms with E-state index in [2.05, 4.69) is 53.3 Å². The average molecular weight is 295 g/mol. The zero-order valence-corrected chi connectivity index (χ0v) is 13.1. The van der Waals surface area contributed by atoms with Crippen LogP contribution in [0.3, 0.4) is 0 Å². The molecular formula is C15H23ClN4. The molecule has 1 aromatic carbocycles. The fourth-order valence-corrected chi connectivity index (χ4v) is 1.99. The lowest BCUT2D eigenvalue weighted by Crippen LogP contribution is -2.41. The monoisotopic (exact) mass is 294 g/mol. The molecule has 0 aliphatic carbocycles.